The van der Waals surface area contributed by atoms with E-state index in [2.05, 4.69) is 11.4 Å². The van der Waals surface area contributed by atoms with Crippen molar-refractivity contribution in [3.05, 3.63) is 65.2 Å². The van der Waals surface area contributed by atoms with Crippen molar-refractivity contribution in [2.75, 3.05) is 13.1 Å². The first-order valence-electron chi connectivity index (χ1n) is 11.4. The summed E-state index contributed by atoms with van der Waals surface area (Å²) in [5.74, 6) is 0.201. The molecule has 1 atom stereocenters. The van der Waals surface area contributed by atoms with Crippen molar-refractivity contribution in [2.24, 2.45) is 5.92 Å². The van der Waals surface area contributed by atoms with Crippen LogP contribution in [0.1, 0.15) is 44.2 Å². The van der Waals surface area contributed by atoms with Gasteiger partial charge in [0, 0.05) is 31.5 Å². The highest BCUT2D eigenvalue weighted by Crippen LogP contribution is 2.34. The number of amides is 2. The van der Waals surface area contributed by atoms with Crippen LogP contribution < -0.4 is 5.32 Å². The molecule has 2 heterocycles. The van der Waals surface area contributed by atoms with Crippen molar-refractivity contribution in [1.82, 2.24) is 15.2 Å². The summed E-state index contributed by atoms with van der Waals surface area (Å²) in [4.78, 5) is 33.1. The average Bonchev–Trinajstić information content (AvgIpc) is 3.21. The number of nitrogens with zero attached hydrogens (tertiary/aromatic N) is 2. The van der Waals surface area contributed by atoms with Crippen LogP contribution in [0.5, 0.6) is 0 Å². The summed E-state index contributed by atoms with van der Waals surface area (Å²) >= 11 is 1.66. The molecule has 1 N–H and O–H groups in total. The van der Waals surface area contributed by atoms with Gasteiger partial charge >= 0.3 is 0 Å². The number of nitrogens with one attached hydrogen (secondary N) is 1. The van der Waals surface area contributed by atoms with Crippen LogP contribution >= 0.6 is 11.3 Å². The fourth-order valence-electron chi connectivity index (χ4n) is 4.50. The second-order valence-corrected chi connectivity index (χ2v) is 10.3. The lowest BCUT2D eigenvalue weighted by molar-refractivity contribution is -0.140. The minimum absolute atomic E-state index is 0.0197. The Morgan fingerprint density at radius 2 is 1.75 bits per heavy atom. The summed E-state index contributed by atoms with van der Waals surface area (Å²) in [5.41, 5.74) is 1.28. The second kappa shape index (κ2) is 9.41. The molecule has 2 amide bonds. The Hall–Kier alpha value is -2.73. The number of carbonyl (C=O) groups excluding carboxylic acids is 2. The normalized spacial score (nSPS) is 16.8. The number of carbonyl (C=O) groups is 2. The van der Waals surface area contributed by atoms with Gasteiger partial charge in [0.05, 0.1) is 20.6 Å². The van der Waals surface area contributed by atoms with Gasteiger partial charge in [-0.1, -0.05) is 42.5 Å². The van der Waals surface area contributed by atoms with Gasteiger partial charge in [-0.3, -0.25) is 9.59 Å². The van der Waals surface area contributed by atoms with E-state index in [-0.39, 0.29) is 23.8 Å². The molecule has 32 heavy (non-hydrogen) atoms. The van der Waals surface area contributed by atoms with Gasteiger partial charge in [-0.15, -0.1) is 11.3 Å². The molecule has 1 fully saturated rings. The van der Waals surface area contributed by atoms with E-state index in [1.807, 2.05) is 74.2 Å². The first kappa shape index (κ1) is 22.5. The number of thiazole rings is 1. The van der Waals surface area contributed by atoms with Gasteiger partial charge in [-0.05, 0) is 51.3 Å². The van der Waals surface area contributed by atoms with Gasteiger partial charge in [-0.2, -0.15) is 0 Å². The summed E-state index contributed by atoms with van der Waals surface area (Å²) in [6, 6.07) is 18.3. The highest BCUT2D eigenvalue weighted by molar-refractivity contribution is 7.18. The van der Waals surface area contributed by atoms with Crippen LogP contribution in [-0.4, -0.2) is 40.8 Å². The Bertz CT molecular complexity index is 1050. The molecule has 0 spiro atoms. The number of hydrogen-bond acceptors (Lipinski definition) is 4. The number of likely N-dealkylation sites (tertiary alicyclic amines) is 1. The van der Waals surface area contributed by atoms with Crippen LogP contribution in [0, 0.1) is 5.92 Å². The fraction of sp³-hybridized carbons (Fsp3) is 0.423. The van der Waals surface area contributed by atoms with Crippen LogP contribution in [0.2, 0.25) is 0 Å². The van der Waals surface area contributed by atoms with E-state index < -0.39 is 5.41 Å². The lowest BCUT2D eigenvalue weighted by atomic mass is 9.77. The molecular weight excluding hydrogens is 418 g/mol. The summed E-state index contributed by atoms with van der Waals surface area (Å²) in [7, 11) is 0. The number of aromatic nitrogens is 1. The number of piperidine rings is 1. The summed E-state index contributed by atoms with van der Waals surface area (Å²) in [6.07, 6.45) is 1.97. The molecule has 0 saturated carbocycles. The van der Waals surface area contributed by atoms with E-state index in [1.54, 1.807) is 11.3 Å². The molecule has 1 aliphatic rings. The lowest BCUT2D eigenvalue weighted by Crippen LogP contribution is -2.51. The van der Waals surface area contributed by atoms with Crippen LogP contribution in [0.3, 0.4) is 0 Å². The van der Waals surface area contributed by atoms with E-state index in [1.165, 1.54) is 0 Å². The largest absolute Gasteiger partial charge is 0.354 e. The molecule has 5 nitrogen and oxygen atoms in total. The molecule has 0 radical (unpaired) electrons. The Morgan fingerprint density at radius 1 is 1.09 bits per heavy atom. The molecule has 0 bridgehead atoms. The molecule has 0 aliphatic carbocycles. The maximum absolute atomic E-state index is 13.9. The van der Waals surface area contributed by atoms with Gasteiger partial charge in [0.25, 0.3) is 0 Å². The minimum Gasteiger partial charge on any atom is -0.354 e. The smallest absolute Gasteiger partial charge is 0.233 e. The van der Waals surface area contributed by atoms with Crippen molar-refractivity contribution in [2.45, 2.75) is 51.5 Å². The molecule has 3 aromatic rings. The predicted octanol–water partition coefficient (Wildman–Crippen LogP) is 4.56. The molecule has 1 unspecified atom stereocenters. The summed E-state index contributed by atoms with van der Waals surface area (Å²) in [6.45, 7) is 7.21. The number of hydrogen-bond donors (Lipinski definition) is 1. The van der Waals surface area contributed by atoms with E-state index in [0.29, 0.717) is 32.4 Å². The first-order valence-corrected chi connectivity index (χ1v) is 12.2. The van der Waals surface area contributed by atoms with Crippen LogP contribution in [0.4, 0.5) is 0 Å². The Kier molecular flexibility index (Phi) is 6.60. The maximum Gasteiger partial charge on any atom is 0.233 e. The zero-order chi connectivity index (χ0) is 22.7. The van der Waals surface area contributed by atoms with E-state index in [9.17, 15) is 9.59 Å². The molecule has 2 aromatic carbocycles. The van der Waals surface area contributed by atoms with Crippen LogP contribution in [-0.2, 0) is 21.4 Å². The van der Waals surface area contributed by atoms with Crippen LogP contribution in [0.15, 0.2) is 54.6 Å². The number of fused-ring (bicyclic) bond motifs is 1. The fourth-order valence-corrected chi connectivity index (χ4v) is 5.62. The molecule has 1 saturated heterocycles. The first-order chi connectivity index (χ1) is 15.4. The molecule has 168 valence electrons. The van der Waals surface area contributed by atoms with Crippen LogP contribution in [0.25, 0.3) is 10.2 Å². The van der Waals surface area contributed by atoms with Crippen molar-refractivity contribution < 1.29 is 9.59 Å². The van der Waals surface area contributed by atoms with Gasteiger partial charge in [0.1, 0.15) is 0 Å². The highest BCUT2D eigenvalue weighted by Gasteiger charge is 2.41. The highest BCUT2D eigenvalue weighted by atomic mass is 32.1. The third-order valence-electron chi connectivity index (χ3n) is 6.31. The van der Waals surface area contributed by atoms with Crippen molar-refractivity contribution in [3.63, 3.8) is 0 Å². The zero-order valence-electron chi connectivity index (χ0n) is 19.0. The van der Waals surface area contributed by atoms with Crippen molar-refractivity contribution >= 4 is 33.4 Å². The lowest BCUT2D eigenvalue weighted by Gasteiger charge is -2.38. The van der Waals surface area contributed by atoms with Gasteiger partial charge in [0.15, 0.2) is 0 Å². The molecule has 6 heteroatoms. The predicted molar refractivity (Wildman–Crippen MR) is 130 cm³/mol. The Morgan fingerprint density at radius 3 is 2.41 bits per heavy atom. The van der Waals surface area contributed by atoms with Crippen molar-refractivity contribution in [3.8, 4) is 0 Å². The average molecular weight is 450 g/mol. The number of benzene rings is 2. The second-order valence-electron chi connectivity index (χ2n) is 9.18. The molecule has 1 aromatic heterocycles. The SMILES string of the molecule is CC(C)NC(=O)C1CCN(C(=O)C(C)(Cc2nc3ccccc3s2)c2ccccc2)CC1. The quantitative estimate of drug-likeness (QED) is 0.600. The van der Waals surface area contributed by atoms with E-state index >= 15 is 0 Å². The topological polar surface area (TPSA) is 62.3 Å². The van der Waals surface area contributed by atoms with Gasteiger partial charge in [-0.25, -0.2) is 4.98 Å². The number of rotatable bonds is 6. The Balaban J connectivity index is 1.55. The van der Waals surface area contributed by atoms with E-state index in [0.717, 1.165) is 20.8 Å². The summed E-state index contributed by atoms with van der Waals surface area (Å²) in [5, 5.41) is 3.98. The third kappa shape index (κ3) is 4.70. The van der Waals surface area contributed by atoms with E-state index in [4.69, 9.17) is 4.98 Å². The standard InChI is InChI=1S/C26H31N3O2S/c1-18(2)27-24(30)19-13-15-29(16-14-19)25(31)26(3,20-9-5-4-6-10-20)17-23-28-21-11-7-8-12-22(21)32-23/h4-12,18-19H,13-17H2,1-3H3,(H,27,30). The molecule has 1 aliphatic heterocycles. The zero-order valence-corrected chi connectivity index (χ0v) is 19.8. The monoisotopic (exact) mass is 449 g/mol. The molecular formula is C26H31N3O2S. The van der Waals surface area contributed by atoms with Crippen molar-refractivity contribution in [1.29, 1.82) is 0 Å². The third-order valence-corrected chi connectivity index (χ3v) is 7.35. The molecule has 4 rings (SSSR count). The summed E-state index contributed by atoms with van der Waals surface area (Å²) < 4.78 is 1.14. The van der Waals surface area contributed by atoms with Gasteiger partial charge < -0.3 is 10.2 Å². The number of para-hydroxylation sites is 1. The van der Waals surface area contributed by atoms with Gasteiger partial charge in [0.2, 0.25) is 11.8 Å². The maximum atomic E-state index is 13.9. The minimum atomic E-state index is -0.706. The Labute approximate surface area is 193 Å².